The van der Waals surface area contributed by atoms with Crippen LogP contribution in [0.3, 0.4) is 0 Å². The van der Waals surface area contributed by atoms with Gasteiger partial charge in [-0.2, -0.15) is 10.2 Å². The first-order valence-electron chi connectivity index (χ1n) is 11.3. The molecule has 1 aliphatic heterocycles. The van der Waals surface area contributed by atoms with E-state index in [1.165, 1.54) is 22.1 Å². The third kappa shape index (κ3) is 4.11. The summed E-state index contributed by atoms with van der Waals surface area (Å²) in [6, 6.07) is 13.3. The average Bonchev–Trinajstić information content (AvgIpc) is 3.09. The maximum Gasteiger partial charge on any atom is 0.282 e. The molecule has 9 nitrogen and oxygen atoms in total. The summed E-state index contributed by atoms with van der Waals surface area (Å²) in [7, 11) is 3.86. The lowest BCUT2D eigenvalue weighted by molar-refractivity contribution is 0.312. The van der Waals surface area contributed by atoms with Crippen molar-refractivity contribution in [3.05, 3.63) is 69.1 Å². The Morgan fingerprint density at radius 1 is 1.11 bits per heavy atom. The molecule has 0 radical (unpaired) electrons. The highest BCUT2D eigenvalue weighted by Gasteiger charge is 2.20. The number of aromatic nitrogens is 4. The number of nitrogens with zero attached hydrogens (tertiary/aromatic N) is 7. The van der Waals surface area contributed by atoms with Gasteiger partial charge in [0.25, 0.3) is 5.56 Å². The molecule has 2 aromatic carbocycles. The van der Waals surface area contributed by atoms with Gasteiger partial charge in [0.15, 0.2) is 5.65 Å². The Labute approximate surface area is 207 Å². The Bertz CT molecular complexity index is 1530. The number of hydrogen-bond acceptors (Lipinski definition) is 7. The number of anilines is 3. The number of hydrogen-bond donors (Lipinski definition) is 1. The van der Waals surface area contributed by atoms with E-state index in [0.717, 1.165) is 31.9 Å². The molecular weight excluding hydrogens is 464 g/mol. The van der Waals surface area contributed by atoms with Crippen molar-refractivity contribution in [1.29, 1.82) is 5.26 Å². The fraction of sp³-hybridized carbons (Fsp3) is 0.280. The maximum atomic E-state index is 13.2. The number of benzene rings is 2. The van der Waals surface area contributed by atoms with Gasteiger partial charge in [0.2, 0.25) is 5.95 Å². The van der Waals surface area contributed by atoms with Crippen molar-refractivity contribution in [2.24, 2.45) is 7.05 Å². The molecule has 0 unspecified atom stereocenters. The van der Waals surface area contributed by atoms with E-state index in [1.54, 1.807) is 29.9 Å². The van der Waals surface area contributed by atoms with E-state index in [-0.39, 0.29) is 5.56 Å². The molecule has 1 aliphatic rings. The van der Waals surface area contributed by atoms with Crippen LogP contribution < -0.4 is 15.8 Å². The Morgan fingerprint density at radius 2 is 1.89 bits per heavy atom. The molecule has 1 N–H and O–H groups in total. The van der Waals surface area contributed by atoms with Crippen molar-refractivity contribution in [3.63, 3.8) is 0 Å². The summed E-state index contributed by atoms with van der Waals surface area (Å²) in [5.74, 6) is 0.372. The molecule has 10 heteroatoms. The van der Waals surface area contributed by atoms with Gasteiger partial charge in [-0.15, -0.1) is 0 Å². The Balaban J connectivity index is 1.48. The van der Waals surface area contributed by atoms with E-state index < -0.39 is 0 Å². The van der Waals surface area contributed by atoms with E-state index in [9.17, 15) is 10.1 Å². The Morgan fingerprint density at radius 3 is 2.60 bits per heavy atom. The quantitative estimate of drug-likeness (QED) is 0.470. The van der Waals surface area contributed by atoms with Crippen molar-refractivity contribution < 1.29 is 0 Å². The van der Waals surface area contributed by atoms with Crippen LogP contribution in [0, 0.1) is 18.3 Å². The summed E-state index contributed by atoms with van der Waals surface area (Å²) >= 11 is 6.37. The summed E-state index contributed by atoms with van der Waals surface area (Å²) in [6.45, 7) is 6.22. The summed E-state index contributed by atoms with van der Waals surface area (Å²) in [5, 5.41) is 13.4. The van der Waals surface area contributed by atoms with Gasteiger partial charge >= 0.3 is 0 Å². The van der Waals surface area contributed by atoms with Crippen LogP contribution in [0.25, 0.3) is 16.7 Å². The number of aryl methyl sites for hydroxylation is 2. The maximum absolute atomic E-state index is 13.2. The molecule has 3 heterocycles. The number of nitrogens with one attached hydrogen (secondary N) is 1. The third-order valence-electron chi connectivity index (χ3n) is 6.41. The zero-order chi connectivity index (χ0) is 24.7. The first-order valence-corrected chi connectivity index (χ1v) is 11.7. The number of para-hydroxylation sites is 1. The zero-order valence-electron chi connectivity index (χ0n) is 19.8. The number of nitriles is 1. The molecule has 178 valence electrons. The third-order valence-corrected chi connectivity index (χ3v) is 6.72. The van der Waals surface area contributed by atoms with Crippen molar-refractivity contribution in [3.8, 4) is 11.8 Å². The predicted molar refractivity (Wildman–Crippen MR) is 138 cm³/mol. The number of fused-ring (bicyclic) bond motifs is 1. The second kappa shape index (κ2) is 9.06. The number of piperazine rings is 1. The Hall–Kier alpha value is -3.87. The molecule has 0 bridgehead atoms. The van der Waals surface area contributed by atoms with Crippen molar-refractivity contribution >= 4 is 40.0 Å². The molecule has 0 aliphatic carbocycles. The molecule has 1 saturated heterocycles. The van der Waals surface area contributed by atoms with Gasteiger partial charge in [-0.3, -0.25) is 9.48 Å². The van der Waals surface area contributed by atoms with E-state index in [1.807, 2.05) is 6.07 Å². The number of halogens is 1. The van der Waals surface area contributed by atoms with Crippen LogP contribution in [0.4, 0.5) is 17.3 Å². The summed E-state index contributed by atoms with van der Waals surface area (Å²) in [6.07, 6.45) is 1.50. The SMILES string of the molecule is Cc1cc(Nc2ncc3c(=O)n(-c4c(Cl)cccc4C#N)n(C)c3n2)ccc1N1CCN(C)CC1. The minimum Gasteiger partial charge on any atom is -0.369 e. The summed E-state index contributed by atoms with van der Waals surface area (Å²) in [5.41, 5.74) is 3.98. The zero-order valence-corrected chi connectivity index (χ0v) is 20.5. The molecule has 1 fully saturated rings. The van der Waals surface area contributed by atoms with Crippen LogP contribution in [-0.2, 0) is 7.05 Å². The first-order chi connectivity index (χ1) is 16.9. The molecule has 0 saturated carbocycles. The van der Waals surface area contributed by atoms with Crippen molar-refractivity contribution in [2.75, 3.05) is 43.4 Å². The van der Waals surface area contributed by atoms with Crippen LogP contribution in [0.2, 0.25) is 5.02 Å². The van der Waals surface area contributed by atoms with Crippen LogP contribution in [-0.4, -0.2) is 57.5 Å². The normalized spacial score (nSPS) is 14.3. The van der Waals surface area contributed by atoms with Gasteiger partial charge in [-0.25, -0.2) is 9.67 Å². The fourth-order valence-electron chi connectivity index (χ4n) is 4.51. The van der Waals surface area contributed by atoms with Crippen LogP contribution in [0.1, 0.15) is 11.1 Å². The number of rotatable bonds is 4. The van der Waals surface area contributed by atoms with Gasteiger partial charge in [0.1, 0.15) is 17.1 Å². The monoisotopic (exact) mass is 488 g/mol. The molecule has 4 aromatic rings. The molecule has 35 heavy (non-hydrogen) atoms. The summed E-state index contributed by atoms with van der Waals surface area (Å²) < 4.78 is 2.95. The lowest BCUT2D eigenvalue weighted by Gasteiger charge is -2.35. The lowest BCUT2D eigenvalue weighted by Crippen LogP contribution is -2.44. The van der Waals surface area contributed by atoms with Crippen LogP contribution >= 0.6 is 11.6 Å². The first kappa shape index (κ1) is 22.9. The molecule has 2 aromatic heterocycles. The van der Waals surface area contributed by atoms with E-state index in [2.05, 4.69) is 57.3 Å². The molecule has 0 atom stereocenters. The summed E-state index contributed by atoms with van der Waals surface area (Å²) in [4.78, 5) is 26.9. The fourth-order valence-corrected chi connectivity index (χ4v) is 4.77. The standard InChI is InChI=1S/C25H25ClN8O/c1-16-13-18(7-8-21(16)33-11-9-31(2)10-12-33)29-25-28-15-19-23(30-25)32(3)34(24(19)35)22-17(14-27)5-4-6-20(22)26/h4-8,13,15H,9-12H2,1-3H3,(H,28,29,30). The van der Waals surface area contributed by atoms with E-state index in [4.69, 9.17) is 11.6 Å². The largest absolute Gasteiger partial charge is 0.369 e. The van der Waals surface area contributed by atoms with Crippen molar-refractivity contribution in [1.82, 2.24) is 24.2 Å². The highest BCUT2D eigenvalue weighted by atomic mass is 35.5. The van der Waals surface area contributed by atoms with Gasteiger partial charge < -0.3 is 15.1 Å². The molecular formula is C25H25ClN8O. The van der Waals surface area contributed by atoms with Gasteiger partial charge in [0.05, 0.1) is 10.6 Å². The Kier molecular flexibility index (Phi) is 5.93. The average molecular weight is 489 g/mol. The van der Waals surface area contributed by atoms with Gasteiger partial charge in [0, 0.05) is 50.8 Å². The van der Waals surface area contributed by atoms with Crippen LogP contribution in [0.5, 0.6) is 0 Å². The second-order valence-corrected chi connectivity index (χ2v) is 9.14. The minimum absolute atomic E-state index is 0.299. The minimum atomic E-state index is -0.342. The van der Waals surface area contributed by atoms with Crippen molar-refractivity contribution in [2.45, 2.75) is 6.92 Å². The molecule has 5 rings (SSSR count). The van der Waals surface area contributed by atoms with Crippen LogP contribution in [0.15, 0.2) is 47.4 Å². The topological polar surface area (TPSA) is 95.0 Å². The lowest BCUT2D eigenvalue weighted by atomic mass is 10.1. The van der Waals surface area contributed by atoms with Gasteiger partial charge in [-0.05, 0) is 49.9 Å². The van der Waals surface area contributed by atoms with Gasteiger partial charge in [-0.1, -0.05) is 17.7 Å². The smallest absolute Gasteiger partial charge is 0.282 e. The number of likely N-dealkylation sites (N-methyl/N-ethyl adjacent to an activating group) is 1. The highest BCUT2D eigenvalue weighted by Crippen LogP contribution is 2.27. The predicted octanol–water partition coefficient (Wildman–Crippen LogP) is 3.45. The van der Waals surface area contributed by atoms with E-state index in [0.29, 0.717) is 33.3 Å². The molecule has 0 spiro atoms. The second-order valence-electron chi connectivity index (χ2n) is 8.74. The molecule has 0 amide bonds. The van der Waals surface area contributed by atoms with E-state index >= 15 is 0 Å². The highest BCUT2D eigenvalue weighted by molar-refractivity contribution is 6.32.